The molecule has 1 fully saturated rings. The lowest BCUT2D eigenvalue weighted by Gasteiger charge is -2.22. The van der Waals surface area contributed by atoms with Crippen molar-refractivity contribution >= 4 is 27.5 Å². The molecule has 1 aliphatic rings. The van der Waals surface area contributed by atoms with Gasteiger partial charge in [0.05, 0.1) is 29.3 Å². The smallest absolute Gasteiger partial charge is 0.309 e. The number of nitro benzene ring substituents is 1. The van der Waals surface area contributed by atoms with Crippen molar-refractivity contribution in [3.05, 3.63) is 53.1 Å². The Balaban J connectivity index is 1.49. The lowest BCUT2D eigenvalue weighted by Crippen LogP contribution is -2.47. The van der Waals surface area contributed by atoms with Crippen LogP contribution in [0.2, 0.25) is 0 Å². The summed E-state index contributed by atoms with van der Waals surface area (Å²) in [5, 5.41) is 15.6. The van der Waals surface area contributed by atoms with Gasteiger partial charge in [0, 0.05) is 44.2 Å². The average molecular weight is 466 g/mol. The number of carbonyl (C=O) groups is 2. The minimum Gasteiger partial charge on any atom is -0.359 e. The van der Waals surface area contributed by atoms with E-state index in [0.717, 1.165) is 28.6 Å². The van der Waals surface area contributed by atoms with Crippen LogP contribution in [0.3, 0.4) is 0 Å². The quantitative estimate of drug-likeness (QED) is 0.215. The molecule has 1 aliphatic heterocycles. The van der Waals surface area contributed by atoms with Gasteiger partial charge in [-0.1, -0.05) is 0 Å². The minimum atomic E-state index is -4.01. The van der Waals surface area contributed by atoms with Crippen molar-refractivity contribution in [3.63, 3.8) is 0 Å². The third kappa shape index (κ3) is 5.66. The molecule has 32 heavy (non-hydrogen) atoms. The van der Waals surface area contributed by atoms with Gasteiger partial charge in [0.15, 0.2) is 0 Å². The number of hydrogen-bond donors (Lipinski definition) is 2. The third-order valence-electron chi connectivity index (χ3n) is 4.68. The zero-order valence-electron chi connectivity index (χ0n) is 16.9. The van der Waals surface area contributed by atoms with Crippen LogP contribution < -0.4 is 10.6 Å². The molecule has 2 heterocycles. The molecule has 13 nitrogen and oxygen atoms in total. The van der Waals surface area contributed by atoms with Crippen molar-refractivity contribution in [3.8, 4) is 0 Å². The van der Waals surface area contributed by atoms with Gasteiger partial charge in [-0.3, -0.25) is 19.7 Å². The highest BCUT2D eigenvalue weighted by Gasteiger charge is 2.36. The number of imidazole rings is 1. The van der Waals surface area contributed by atoms with Gasteiger partial charge in [-0.25, -0.2) is 13.4 Å². The average Bonchev–Trinajstić information content (AvgIpc) is 3.47. The summed E-state index contributed by atoms with van der Waals surface area (Å²) in [6.45, 7) is 0.833. The Morgan fingerprint density at radius 2 is 1.94 bits per heavy atom. The standard InChI is InChI=1S/C18H22N6O7S/c25-17(20-6-1-8-22-9-7-19-13-22)18(26)21-12-16-23(10-11-31-16)32(29,30)15-4-2-14(3-5-15)24(27)28/h2-5,7,9,13,16H,1,6,8,10-12H2,(H,20,25)(H,21,26)/t16-/m1/s1. The number of hydrogen-bond acceptors (Lipinski definition) is 8. The first-order chi connectivity index (χ1) is 15.3. The van der Waals surface area contributed by atoms with Crippen LogP contribution in [-0.4, -0.2) is 71.5 Å². The largest absolute Gasteiger partial charge is 0.359 e. The molecule has 0 bridgehead atoms. The monoisotopic (exact) mass is 466 g/mol. The highest BCUT2D eigenvalue weighted by atomic mass is 32.2. The summed E-state index contributed by atoms with van der Waals surface area (Å²) in [7, 11) is -4.01. The maximum Gasteiger partial charge on any atom is 0.309 e. The number of carbonyl (C=O) groups excluding carboxylic acids is 2. The Labute approximate surface area is 183 Å². The van der Waals surface area contributed by atoms with E-state index in [2.05, 4.69) is 15.6 Å². The Bertz CT molecular complexity index is 1060. The molecular formula is C18H22N6O7S. The number of benzene rings is 1. The van der Waals surface area contributed by atoms with Gasteiger partial charge in [0.1, 0.15) is 6.23 Å². The van der Waals surface area contributed by atoms with Gasteiger partial charge in [-0.2, -0.15) is 4.31 Å². The summed E-state index contributed by atoms with van der Waals surface area (Å²) in [6.07, 6.45) is 4.66. The molecule has 2 amide bonds. The summed E-state index contributed by atoms with van der Waals surface area (Å²) >= 11 is 0. The number of nitro groups is 1. The van der Waals surface area contributed by atoms with Crippen molar-refractivity contribution < 1.29 is 27.7 Å². The Morgan fingerprint density at radius 3 is 2.59 bits per heavy atom. The molecule has 2 aromatic rings. The summed E-state index contributed by atoms with van der Waals surface area (Å²) in [5.74, 6) is -1.74. The van der Waals surface area contributed by atoms with Gasteiger partial charge in [-0.05, 0) is 18.6 Å². The third-order valence-corrected chi connectivity index (χ3v) is 6.58. The second kappa shape index (κ2) is 10.3. The van der Waals surface area contributed by atoms with E-state index in [1.807, 2.05) is 4.57 Å². The van der Waals surface area contributed by atoms with Crippen LogP contribution in [-0.2, 0) is 30.9 Å². The van der Waals surface area contributed by atoms with E-state index in [-0.39, 0.29) is 36.8 Å². The van der Waals surface area contributed by atoms with Crippen molar-refractivity contribution in [1.29, 1.82) is 0 Å². The van der Waals surface area contributed by atoms with E-state index in [1.165, 1.54) is 0 Å². The van der Waals surface area contributed by atoms with Crippen LogP contribution in [0.5, 0.6) is 0 Å². The fraction of sp³-hybridized carbons (Fsp3) is 0.389. The highest BCUT2D eigenvalue weighted by molar-refractivity contribution is 7.89. The number of non-ortho nitro benzene ring substituents is 1. The lowest BCUT2D eigenvalue weighted by atomic mass is 10.3. The second-order valence-electron chi connectivity index (χ2n) is 6.81. The van der Waals surface area contributed by atoms with Gasteiger partial charge >= 0.3 is 11.8 Å². The first-order valence-electron chi connectivity index (χ1n) is 9.68. The van der Waals surface area contributed by atoms with Crippen LogP contribution in [0.4, 0.5) is 5.69 Å². The molecule has 0 unspecified atom stereocenters. The summed E-state index contributed by atoms with van der Waals surface area (Å²) in [6, 6.07) is 4.47. The van der Waals surface area contributed by atoms with Crippen LogP contribution in [0.15, 0.2) is 47.9 Å². The molecule has 0 spiro atoms. The number of nitrogens with one attached hydrogen (secondary N) is 2. The first-order valence-corrected chi connectivity index (χ1v) is 11.1. The van der Waals surface area contributed by atoms with E-state index in [0.29, 0.717) is 13.0 Å². The molecule has 1 atom stereocenters. The zero-order valence-corrected chi connectivity index (χ0v) is 17.7. The van der Waals surface area contributed by atoms with Crippen LogP contribution in [0, 0.1) is 10.1 Å². The van der Waals surface area contributed by atoms with Gasteiger partial charge in [0.2, 0.25) is 10.0 Å². The topological polar surface area (TPSA) is 166 Å². The van der Waals surface area contributed by atoms with Gasteiger partial charge in [0.25, 0.3) is 5.69 Å². The predicted octanol–water partition coefficient (Wildman–Crippen LogP) is -0.539. The maximum absolute atomic E-state index is 12.9. The van der Waals surface area contributed by atoms with E-state index in [1.54, 1.807) is 18.7 Å². The molecular weight excluding hydrogens is 444 g/mol. The highest BCUT2D eigenvalue weighted by Crippen LogP contribution is 2.23. The molecule has 1 aromatic heterocycles. The zero-order chi connectivity index (χ0) is 23.1. The Morgan fingerprint density at radius 1 is 1.22 bits per heavy atom. The number of ether oxygens (including phenoxy) is 1. The van der Waals surface area contributed by atoms with Crippen LogP contribution in [0.1, 0.15) is 6.42 Å². The molecule has 0 aliphatic carbocycles. The second-order valence-corrected chi connectivity index (χ2v) is 8.70. The molecule has 0 saturated carbocycles. The Hall–Kier alpha value is -3.36. The van der Waals surface area contributed by atoms with Crippen LogP contribution in [0.25, 0.3) is 0 Å². The molecule has 3 rings (SSSR count). The molecule has 2 N–H and O–H groups in total. The number of aromatic nitrogens is 2. The molecule has 172 valence electrons. The van der Waals surface area contributed by atoms with Crippen LogP contribution >= 0.6 is 0 Å². The van der Waals surface area contributed by atoms with Crippen molar-refractivity contribution in [2.24, 2.45) is 0 Å². The van der Waals surface area contributed by atoms with Gasteiger partial charge < -0.3 is 19.9 Å². The first kappa shape index (κ1) is 23.3. The lowest BCUT2D eigenvalue weighted by molar-refractivity contribution is -0.384. The molecule has 14 heteroatoms. The van der Waals surface area contributed by atoms with E-state index in [9.17, 15) is 28.1 Å². The normalized spacial score (nSPS) is 16.6. The van der Waals surface area contributed by atoms with Crippen molar-refractivity contribution in [2.45, 2.75) is 24.1 Å². The molecule has 1 aromatic carbocycles. The summed E-state index contributed by atoms with van der Waals surface area (Å²) < 4.78 is 34.0. The number of nitrogens with zero attached hydrogens (tertiary/aromatic N) is 4. The predicted molar refractivity (Wildman–Crippen MR) is 110 cm³/mol. The molecule has 0 radical (unpaired) electrons. The number of sulfonamides is 1. The maximum atomic E-state index is 12.9. The summed E-state index contributed by atoms with van der Waals surface area (Å²) in [5.41, 5.74) is -0.235. The number of aryl methyl sites for hydroxylation is 1. The Kier molecular flexibility index (Phi) is 7.50. The molecule has 1 saturated heterocycles. The fourth-order valence-electron chi connectivity index (χ4n) is 3.04. The van der Waals surface area contributed by atoms with Crippen molar-refractivity contribution in [1.82, 2.24) is 24.5 Å². The minimum absolute atomic E-state index is 0.0420. The van der Waals surface area contributed by atoms with E-state index >= 15 is 0 Å². The summed E-state index contributed by atoms with van der Waals surface area (Å²) in [4.78, 5) is 37.8. The van der Waals surface area contributed by atoms with Crippen molar-refractivity contribution in [2.75, 3.05) is 26.2 Å². The number of amides is 2. The number of rotatable bonds is 9. The van der Waals surface area contributed by atoms with Gasteiger partial charge in [-0.15, -0.1) is 0 Å². The van der Waals surface area contributed by atoms with E-state index < -0.39 is 33.0 Å². The SMILES string of the molecule is O=C(NCCCn1ccnc1)C(=O)NC[C@H]1OCCN1S(=O)(=O)c1ccc([N+](=O)[O-])cc1. The van der Waals surface area contributed by atoms with E-state index in [4.69, 9.17) is 4.74 Å². The fourth-order valence-corrected chi connectivity index (χ4v) is 4.55.